The predicted octanol–water partition coefficient (Wildman–Crippen LogP) is 1.03. The summed E-state index contributed by atoms with van der Waals surface area (Å²) in [6.45, 7) is 2.84. The zero-order valence-corrected chi connectivity index (χ0v) is 11.4. The van der Waals surface area contributed by atoms with E-state index in [-0.39, 0.29) is 12.5 Å². The summed E-state index contributed by atoms with van der Waals surface area (Å²) >= 11 is 0. The number of carbonyl (C=O) groups excluding carboxylic acids is 1. The van der Waals surface area contributed by atoms with E-state index in [1.54, 1.807) is 13.0 Å². The van der Waals surface area contributed by atoms with Gasteiger partial charge in [0.1, 0.15) is 0 Å². The number of hydrogen-bond donors (Lipinski definition) is 4. The summed E-state index contributed by atoms with van der Waals surface area (Å²) < 4.78 is 0. The van der Waals surface area contributed by atoms with Crippen molar-refractivity contribution >= 4 is 16.8 Å². The molecule has 0 saturated heterocycles. The number of likely N-dealkylation sites (N-methyl/N-ethyl adjacent to an activating group) is 1. The van der Waals surface area contributed by atoms with E-state index in [0.717, 1.165) is 23.9 Å². The molecule has 0 aliphatic rings. The van der Waals surface area contributed by atoms with Crippen LogP contribution >= 0.6 is 0 Å². The molecule has 0 saturated carbocycles. The van der Waals surface area contributed by atoms with Crippen LogP contribution in [0.15, 0.2) is 24.4 Å². The highest BCUT2D eigenvalue weighted by atomic mass is 16.2. The minimum Gasteiger partial charge on any atom is -0.397 e. The first-order valence-corrected chi connectivity index (χ1v) is 6.29. The van der Waals surface area contributed by atoms with Crippen molar-refractivity contribution in [2.24, 2.45) is 5.73 Å². The lowest BCUT2D eigenvalue weighted by molar-refractivity contribution is 0.100. The van der Waals surface area contributed by atoms with Crippen molar-refractivity contribution in [3.05, 3.63) is 35.5 Å². The summed E-state index contributed by atoms with van der Waals surface area (Å²) in [6.07, 6.45) is 2.91. The number of fused-ring (bicyclic) bond motifs is 1. The Morgan fingerprint density at radius 1 is 1.47 bits per heavy atom. The lowest BCUT2D eigenvalue weighted by Crippen LogP contribution is -2.11. The minimum atomic E-state index is -0.386. The molecule has 0 atom stereocenters. The number of hydrogen-bond acceptors (Lipinski definition) is 3. The molecule has 5 nitrogen and oxygen atoms in total. The van der Waals surface area contributed by atoms with Crippen LogP contribution in [0.25, 0.3) is 10.9 Å². The molecule has 0 spiro atoms. The van der Waals surface area contributed by atoms with Crippen molar-refractivity contribution in [2.75, 3.05) is 20.2 Å². The second-order valence-electron chi connectivity index (χ2n) is 4.11. The number of carbonyl (C=O) groups is 1. The maximum atomic E-state index is 11.1. The number of primary amides is 1. The standard InChI is InChI=1S/C12H15N3O.C2H6O/c1-14-5-4-9-7-15-11-3-2-8(12(13)16)6-10(9)11;1-2-3/h2-3,6-7,14-15H,4-5H2,1H3,(H2,13,16);3H,2H2,1H3. The van der Waals surface area contributed by atoms with Crippen LogP contribution in [0.3, 0.4) is 0 Å². The summed E-state index contributed by atoms with van der Waals surface area (Å²) in [5.74, 6) is -0.386. The third-order valence-electron chi connectivity index (χ3n) is 2.70. The number of amides is 1. The zero-order valence-electron chi connectivity index (χ0n) is 11.4. The molecule has 0 aliphatic carbocycles. The van der Waals surface area contributed by atoms with Crippen LogP contribution in [0, 0.1) is 0 Å². The first kappa shape index (κ1) is 15.2. The van der Waals surface area contributed by atoms with Gasteiger partial charge in [-0.2, -0.15) is 0 Å². The Balaban J connectivity index is 0.000000550. The highest BCUT2D eigenvalue weighted by molar-refractivity contribution is 5.97. The average Bonchev–Trinajstić information content (AvgIpc) is 2.79. The summed E-state index contributed by atoms with van der Waals surface area (Å²) in [4.78, 5) is 14.3. The van der Waals surface area contributed by atoms with E-state index in [2.05, 4.69) is 10.3 Å². The number of aromatic amines is 1. The first-order chi connectivity index (χ1) is 9.13. The highest BCUT2D eigenvalue weighted by Gasteiger charge is 2.06. The second kappa shape index (κ2) is 7.56. The molecule has 0 radical (unpaired) electrons. The Morgan fingerprint density at radius 2 is 2.16 bits per heavy atom. The normalized spacial score (nSPS) is 10.1. The first-order valence-electron chi connectivity index (χ1n) is 6.29. The molecule has 1 aromatic carbocycles. The molecular weight excluding hydrogens is 242 g/mol. The quantitative estimate of drug-likeness (QED) is 0.664. The van der Waals surface area contributed by atoms with Crippen LogP contribution in [0.4, 0.5) is 0 Å². The number of nitrogens with one attached hydrogen (secondary N) is 2. The number of aliphatic hydroxyl groups excluding tert-OH is 1. The number of benzene rings is 1. The maximum Gasteiger partial charge on any atom is 0.248 e. The Bertz CT molecular complexity index is 534. The van der Waals surface area contributed by atoms with E-state index in [1.807, 2.05) is 25.4 Å². The van der Waals surface area contributed by atoms with Gasteiger partial charge in [-0.25, -0.2) is 0 Å². The fraction of sp³-hybridized carbons (Fsp3) is 0.357. The van der Waals surface area contributed by atoms with Crippen LogP contribution in [0.5, 0.6) is 0 Å². The smallest absolute Gasteiger partial charge is 0.248 e. The van der Waals surface area contributed by atoms with Gasteiger partial charge in [-0.05, 0) is 50.7 Å². The van der Waals surface area contributed by atoms with E-state index in [0.29, 0.717) is 5.56 Å². The molecule has 2 rings (SSSR count). The monoisotopic (exact) mass is 263 g/mol. The Kier molecular flexibility index (Phi) is 6.05. The van der Waals surface area contributed by atoms with E-state index >= 15 is 0 Å². The van der Waals surface area contributed by atoms with E-state index in [4.69, 9.17) is 10.8 Å². The van der Waals surface area contributed by atoms with E-state index in [9.17, 15) is 4.79 Å². The van der Waals surface area contributed by atoms with Gasteiger partial charge in [0.25, 0.3) is 0 Å². The summed E-state index contributed by atoms with van der Waals surface area (Å²) in [5.41, 5.74) is 8.06. The van der Waals surface area contributed by atoms with Gasteiger partial charge < -0.3 is 21.1 Å². The van der Waals surface area contributed by atoms with Crippen molar-refractivity contribution < 1.29 is 9.90 Å². The maximum absolute atomic E-state index is 11.1. The second-order valence-corrected chi connectivity index (χ2v) is 4.11. The topological polar surface area (TPSA) is 91.1 Å². The number of aliphatic hydroxyl groups is 1. The molecule has 0 aliphatic heterocycles. The molecule has 0 bridgehead atoms. The largest absolute Gasteiger partial charge is 0.397 e. The van der Waals surface area contributed by atoms with Gasteiger partial charge in [-0.3, -0.25) is 4.79 Å². The lowest BCUT2D eigenvalue weighted by Gasteiger charge is -2.00. The fourth-order valence-corrected chi connectivity index (χ4v) is 1.80. The summed E-state index contributed by atoms with van der Waals surface area (Å²) in [5, 5.41) is 11.7. The zero-order chi connectivity index (χ0) is 14.3. The molecular formula is C14H21N3O2. The molecule has 0 unspecified atom stereocenters. The molecule has 1 amide bonds. The summed E-state index contributed by atoms with van der Waals surface area (Å²) in [6, 6.07) is 5.47. The predicted molar refractivity (Wildman–Crippen MR) is 77.2 cm³/mol. The van der Waals surface area contributed by atoms with Gasteiger partial charge in [0, 0.05) is 29.3 Å². The van der Waals surface area contributed by atoms with Crippen LogP contribution in [0.2, 0.25) is 0 Å². The SMILES string of the molecule is CCO.CNCCc1c[nH]c2ccc(C(N)=O)cc12. The molecule has 5 N–H and O–H groups in total. The molecule has 1 aromatic heterocycles. The Hall–Kier alpha value is -1.85. The van der Waals surface area contributed by atoms with E-state index < -0.39 is 0 Å². The van der Waals surface area contributed by atoms with E-state index in [1.165, 1.54) is 5.56 Å². The Morgan fingerprint density at radius 3 is 2.74 bits per heavy atom. The van der Waals surface area contributed by atoms with Crippen molar-refractivity contribution in [1.29, 1.82) is 0 Å². The summed E-state index contributed by atoms with van der Waals surface area (Å²) in [7, 11) is 1.92. The molecule has 19 heavy (non-hydrogen) atoms. The number of aromatic nitrogens is 1. The number of nitrogens with two attached hydrogens (primary N) is 1. The van der Waals surface area contributed by atoms with Crippen LogP contribution in [-0.2, 0) is 6.42 Å². The minimum absolute atomic E-state index is 0.250. The average molecular weight is 263 g/mol. The molecule has 1 heterocycles. The van der Waals surface area contributed by atoms with Gasteiger partial charge in [-0.15, -0.1) is 0 Å². The van der Waals surface area contributed by atoms with Gasteiger partial charge >= 0.3 is 0 Å². The van der Waals surface area contributed by atoms with Crippen LogP contribution in [-0.4, -0.2) is 36.2 Å². The van der Waals surface area contributed by atoms with Crippen molar-refractivity contribution in [3.8, 4) is 0 Å². The number of rotatable bonds is 4. The molecule has 0 fully saturated rings. The van der Waals surface area contributed by atoms with Crippen molar-refractivity contribution in [3.63, 3.8) is 0 Å². The molecule has 104 valence electrons. The van der Waals surface area contributed by atoms with Crippen LogP contribution < -0.4 is 11.1 Å². The van der Waals surface area contributed by atoms with Crippen molar-refractivity contribution in [1.82, 2.24) is 10.3 Å². The molecule has 2 aromatic rings. The van der Waals surface area contributed by atoms with Crippen molar-refractivity contribution in [2.45, 2.75) is 13.3 Å². The fourth-order valence-electron chi connectivity index (χ4n) is 1.80. The van der Waals surface area contributed by atoms with Gasteiger partial charge in [0.2, 0.25) is 5.91 Å². The third kappa shape index (κ3) is 4.08. The van der Waals surface area contributed by atoms with Gasteiger partial charge in [0.05, 0.1) is 0 Å². The van der Waals surface area contributed by atoms with Crippen LogP contribution in [0.1, 0.15) is 22.8 Å². The third-order valence-corrected chi connectivity index (χ3v) is 2.70. The molecule has 5 heteroatoms. The highest BCUT2D eigenvalue weighted by Crippen LogP contribution is 2.20. The van der Waals surface area contributed by atoms with Gasteiger partial charge in [-0.1, -0.05) is 0 Å². The lowest BCUT2D eigenvalue weighted by atomic mass is 10.1. The Labute approximate surface area is 112 Å². The number of H-pyrrole nitrogens is 1. The van der Waals surface area contributed by atoms with Gasteiger partial charge in [0.15, 0.2) is 0 Å².